The minimum atomic E-state index is -3.75. The van der Waals surface area contributed by atoms with Crippen molar-refractivity contribution in [3.63, 3.8) is 0 Å². The first-order chi connectivity index (χ1) is 12.4. The van der Waals surface area contributed by atoms with Gasteiger partial charge in [-0.1, -0.05) is 35.3 Å². The topological polar surface area (TPSA) is 69.7 Å². The summed E-state index contributed by atoms with van der Waals surface area (Å²) in [6.07, 6.45) is 0. The summed E-state index contributed by atoms with van der Waals surface area (Å²) in [6, 6.07) is 8.20. The second-order valence-corrected chi connectivity index (χ2v) is 9.40. The van der Waals surface area contributed by atoms with Gasteiger partial charge in [-0.3, -0.25) is 0 Å². The van der Waals surface area contributed by atoms with Gasteiger partial charge in [0.1, 0.15) is 4.90 Å². The van der Waals surface area contributed by atoms with Gasteiger partial charge in [0.15, 0.2) is 0 Å². The molecule has 1 aromatic carbocycles. The highest BCUT2D eigenvalue weighted by atomic mass is 35.5. The fourth-order valence-electron chi connectivity index (χ4n) is 2.64. The minimum Gasteiger partial charge on any atom is -0.333 e. The molecule has 26 heavy (non-hydrogen) atoms. The van der Waals surface area contributed by atoms with Crippen LogP contribution in [0.3, 0.4) is 0 Å². The van der Waals surface area contributed by atoms with Crippen LogP contribution in [0, 0.1) is 0 Å². The van der Waals surface area contributed by atoms with E-state index in [1.807, 2.05) is 17.5 Å². The van der Waals surface area contributed by atoms with E-state index in [0.29, 0.717) is 19.6 Å². The van der Waals surface area contributed by atoms with Crippen LogP contribution in [0.1, 0.15) is 4.88 Å². The summed E-state index contributed by atoms with van der Waals surface area (Å²) in [5.74, 6) is 0. The van der Waals surface area contributed by atoms with Crippen LogP contribution in [0.25, 0.3) is 0 Å². The zero-order valence-electron chi connectivity index (χ0n) is 13.7. The zero-order valence-corrected chi connectivity index (χ0v) is 16.8. The van der Waals surface area contributed by atoms with E-state index < -0.39 is 10.0 Å². The van der Waals surface area contributed by atoms with Crippen LogP contribution >= 0.6 is 34.5 Å². The first-order valence-electron chi connectivity index (χ1n) is 7.89. The van der Waals surface area contributed by atoms with Crippen molar-refractivity contribution in [3.05, 3.63) is 50.6 Å². The second-order valence-electron chi connectivity index (χ2n) is 5.68. The Hall–Kier alpha value is -1.32. The Labute approximate surface area is 166 Å². The third-order valence-corrected chi connectivity index (χ3v) is 7.80. The number of carbonyl (C=O) groups excluding carboxylic acids is 1. The Morgan fingerprint density at radius 1 is 1.12 bits per heavy atom. The Bertz CT molecular complexity index is 880. The lowest BCUT2D eigenvalue weighted by Crippen LogP contribution is -2.52. The van der Waals surface area contributed by atoms with E-state index in [0.717, 1.165) is 4.88 Å². The molecule has 0 unspecified atom stereocenters. The van der Waals surface area contributed by atoms with E-state index in [-0.39, 0.29) is 34.1 Å². The lowest BCUT2D eigenvalue weighted by Gasteiger charge is -2.34. The van der Waals surface area contributed by atoms with Gasteiger partial charge >= 0.3 is 6.03 Å². The SMILES string of the molecule is O=C(NCc1cccs1)N1CCN(S(=O)(=O)c2cccc(Cl)c2Cl)CC1. The van der Waals surface area contributed by atoms with Gasteiger partial charge in [-0.15, -0.1) is 11.3 Å². The quantitative estimate of drug-likeness (QED) is 0.803. The van der Waals surface area contributed by atoms with Crippen LogP contribution < -0.4 is 5.32 Å². The van der Waals surface area contributed by atoms with E-state index in [9.17, 15) is 13.2 Å². The van der Waals surface area contributed by atoms with Crippen molar-refractivity contribution in [3.8, 4) is 0 Å². The van der Waals surface area contributed by atoms with Crippen LogP contribution in [0.2, 0.25) is 10.0 Å². The first-order valence-corrected chi connectivity index (χ1v) is 11.0. The van der Waals surface area contributed by atoms with Crippen molar-refractivity contribution in [2.75, 3.05) is 26.2 Å². The van der Waals surface area contributed by atoms with Gasteiger partial charge in [0, 0.05) is 31.1 Å². The summed E-state index contributed by atoms with van der Waals surface area (Å²) in [4.78, 5) is 14.9. The molecule has 1 saturated heterocycles. The van der Waals surface area contributed by atoms with E-state index in [1.54, 1.807) is 28.4 Å². The van der Waals surface area contributed by atoms with E-state index >= 15 is 0 Å². The number of nitrogens with one attached hydrogen (secondary N) is 1. The molecule has 1 aliphatic heterocycles. The number of piperazine rings is 1. The number of amides is 2. The number of carbonyl (C=O) groups is 1. The van der Waals surface area contributed by atoms with Crippen molar-refractivity contribution in [2.24, 2.45) is 0 Å². The van der Waals surface area contributed by atoms with Gasteiger partial charge in [0.05, 0.1) is 16.6 Å². The third-order valence-electron chi connectivity index (χ3n) is 4.05. The molecular formula is C16H17Cl2N3O3S2. The fourth-order valence-corrected chi connectivity index (χ4v) is 5.44. The van der Waals surface area contributed by atoms with Crippen molar-refractivity contribution in [1.29, 1.82) is 0 Å². The number of benzene rings is 1. The first kappa shape index (κ1) is 19.4. The Kier molecular flexibility index (Phi) is 6.09. The average molecular weight is 434 g/mol. The van der Waals surface area contributed by atoms with Crippen molar-refractivity contribution in [2.45, 2.75) is 11.4 Å². The maximum atomic E-state index is 12.8. The number of urea groups is 1. The molecule has 2 amide bonds. The van der Waals surface area contributed by atoms with E-state index in [2.05, 4.69) is 5.32 Å². The normalized spacial score (nSPS) is 15.8. The standard InChI is InChI=1S/C16H17Cl2N3O3S2/c17-13-4-1-5-14(15(13)18)26(23,24)21-8-6-20(7-9-21)16(22)19-11-12-3-2-10-25-12/h1-5,10H,6-9,11H2,(H,19,22). The summed E-state index contributed by atoms with van der Waals surface area (Å²) in [6.45, 7) is 1.50. The molecule has 10 heteroatoms. The molecule has 2 heterocycles. The Balaban J connectivity index is 1.60. The molecule has 1 fully saturated rings. The molecule has 140 valence electrons. The number of halogens is 2. The van der Waals surface area contributed by atoms with Crippen LogP contribution in [0.15, 0.2) is 40.6 Å². The zero-order chi connectivity index (χ0) is 18.7. The van der Waals surface area contributed by atoms with Crippen LogP contribution in [0.5, 0.6) is 0 Å². The largest absolute Gasteiger partial charge is 0.333 e. The molecule has 0 radical (unpaired) electrons. The second kappa shape index (κ2) is 8.14. The maximum absolute atomic E-state index is 12.8. The molecule has 1 N–H and O–H groups in total. The van der Waals surface area contributed by atoms with Gasteiger partial charge in [-0.25, -0.2) is 13.2 Å². The third kappa shape index (κ3) is 4.15. The molecule has 2 aromatic rings. The van der Waals surface area contributed by atoms with Gasteiger partial charge in [0.25, 0.3) is 0 Å². The molecule has 1 aliphatic rings. The van der Waals surface area contributed by atoms with Crippen molar-refractivity contribution >= 4 is 50.6 Å². The molecular weight excluding hydrogens is 417 g/mol. The Morgan fingerprint density at radius 3 is 2.50 bits per heavy atom. The molecule has 0 bridgehead atoms. The highest BCUT2D eigenvalue weighted by Crippen LogP contribution is 2.31. The monoisotopic (exact) mass is 433 g/mol. The van der Waals surface area contributed by atoms with Crippen LogP contribution in [0.4, 0.5) is 4.79 Å². The van der Waals surface area contributed by atoms with E-state index in [4.69, 9.17) is 23.2 Å². The van der Waals surface area contributed by atoms with Gasteiger partial charge in [-0.05, 0) is 23.6 Å². The highest BCUT2D eigenvalue weighted by Gasteiger charge is 2.31. The lowest BCUT2D eigenvalue weighted by atomic mass is 10.4. The van der Waals surface area contributed by atoms with Crippen LogP contribution in [-0.2, 0) is 16.6 Å². The molecule has 0 atom stereocenters. The van der Waals surface area contributed by atoms with Gasteiger partial charge < -0.3 is 10.2 Å². The molecule has 0 aliphatic carbocycles. The van der Waals surface area contributed by atoms with Crippen molar-refractivity contribution in [1.82, 2.24) is 14.5 Å². The number of hydrogen-bond acceptors (Lipinski definition) is 4. The number of thiophene rings is 1. The molecule has 0 saturated carbocycles. The molecule has 6 nitrogen and oxygen atoms in total. The molecule has 3 rings (SSSR count). The predicted octanol–water partition coefficient (Wildman–Crippen LogP) is 3.27. The molecule has 0 spiro atoms. The maximum Gasteiger partial charge on any atom is 0.317 e. The highest BCUT2D eigenvalue weighted by molar-refractivity contribution is 7.89. The van der Waals surface area contributed by atoms with Crippen LogP contribution in [-0.4, -0.2) is 49.8 Å². The summed E-state index contributed by atoms with van der Waals surface area (Å²) < 4.78 is 26.9. The number of nitrogens with zero attached hydrogens (tertiary/aromatic N) is 2. The smallest absolute Gasteiger partial charge is 0.317 e. The molecule has 1 aromatic heterocycles. The fraction of sp³-hybridized carbons (Fsp3) is 0.312. The number of hydrogen-bond donors (Lipinski definition) is 1. The lowest BCUT2D eigenvalue weighted by molar-refractivity contribution is 0.172. The predicted molar refractivity (Wildman–Crippen MR) is 103 cm³/mol. The summed E-state index contributed by atoms with van der Waals surface area (Å²) >= 11 is 13.6. The van der Waals surface area contributed by atoms with Gasteiger partial charge in [0.2, 0.25) is 10.0 Å². The summed E-state index contributed by atoms with van der Waals surface area (Å²) in [5.41, 5.74) is 0. The average Bonchev–Trinajstić information content (AvgIpc) is 3.15. The van der Waals surface area contributed by atoms with Gasteiger partial charge in [-0.2, -0.15) is 4.31 Å². The number of sulfonamides is 1. The Morgan fingerprint density at radius 2 is 1.85 bits per heavy atom. The summed E-state index contributed by atoms with van der Waals surface area (Å²) in [7, 11) is -3.75. The minimum absolute atomic E-state index is 0.0118. The number of rotatable bonds is 4. The van der Waals surface area contributed by atoms with E-state index in [1.165, 1.54) is 10.4 Å². The van der Waals surface area contributed by atoms with Crippen molar-refractivity contribution < 1.29 is 13.2 Å². The summed E-state index contributed by atoms with van der Waals surface area (Å²) in [5, 5.41) is 5.01.